The largest absolute Gasteiger partial charge is 0.507 e. The van der Waals surface area contributed by atoms with Gasteiger partial charge < -0.3 is 15.0 Å². The summed E-state index contributed by atoms with van der Waals surface area (Å²) in [6.07, 6.45) is 5.08. The van der Waals surface area contributed by atoms with E-state index in [1.165, 1.54) is 19.2 Å². The summed E-state index contributed by atoms with van der Waals surface area (Å²) in [6, 6.07) is 23.3. The highest BCUT2D eigenvalue weighted by Crippen LogP contribution is 2.39. The summed E-state index contributed by atoms with van der Waals surface area (Å²) >= 11 is 0. The third-order valence-corrected chi connectivity index (χ3v) is 8.58. The molecule has 3 N–H and O–H groups in total. The molecule has 1 fully saturated rings. The van der Waals surface area contributed by atoms with Crippen LogP contribution < -0.4 is 5.48 Å². The molecule has 1 aliphatic heterocycles. The lowest BCUT2D eigenvalue weighted by Gasteiger charge is -2.40. The number of likely N-dealkylation sites (tertiary alicyclic amines) is 1. The first-order chi connectivity index (χ1) is 21.3. The van der Waals surface area contributed by atoms with Crippen LogP contribution >= 0.6 is 0 Å². The second-order valence-electron chi connectivity index (χ2n) is 11.3. The van der Waals surface area contributed by atoms with E-state index in [9.17, 15) is 19.1 Å². The maximum Gasteiger partial charge on any atom is 0.250 e. The highest BCUT2D eigenvalue weighted by Gasteiger charge is 2.42. The Balaban J connectivity index is 1.12. The molecule has 2 amide bonds. The Labute approximate surface area is 254 Å². The molecule has 8 nitrogen and oxygen atoms in total. The molecule has 0 saturated carbocycles. The summed E-state index contributed by atoms with van der Waals surface area (Å²) in [7, 11) is 1.40. The number of amides is 2. The van der Waals surface area contributed by atoms with Crippen LogP contribution in [-0.2, 0) is 27.3 Å². The number of pyridine rings is 1. The smallest absolute Gasteiger partial charge is 0.250 e. The van der Waals surface area contributed by atoms with Crippen molar-refractivity contribution < 1.29 is 23.9 Å². The molecule has 6 rings (SSSR count). The van der Waals surface area contributed by atoms with Gasteiger partial charge in [0.25, 0.3) is 0 Å². The summed E-state index contributed by atoms with van der Waals surface area (Å²) in [5, 5.41) is 12.2. The molecule has 224 valence electrons. The fourth-order valence-electron chi connectivity index (χ4n) is 6.06. The number of halogens is 1. The average molecular weight is 593 g/mol. The number of carbonyl (C=O) groups excluding carboxylic acids is 2. The number of nitrogens with zero attached hydrogens (tertiary/aromatic N) is 2. The lowest BCUT2D eigenvalue weighted by atomic mass is 9.73. The number of phenolic OH excluding ortho intramolecular Hbond substituents is 1. The monoisotopic (exact) mass is 592 g/mol. The molecule has 0 aliphatic carbocycles. The number of carbonyl (C=O) groups is 2. The Kier molecular flexibility index (Phi) is 8.13. The summed E-state index contributed by atoms with van der Waals surface area (Å²) in [6.45, 7) is 0.861. The van der Waals surface area contributed by atoms with E-state index in [-0.39, 0.29) is 29.8 Å². The van der Waals surface area contributed by atoms with Gasteiger partial charge in [0.15, 0.2) is 0 Å². The Hall–Kier alpha value is -5.02. The normalized spacial score (nSPS) is 14.5. The molecule has 0 radical (unpaired) electrons. The van der Waals surface area contributed by atoms with E-state index in [1.807, 2.05) is 54.6 Å². The van der Waals surface area contributed by atoms with Crippen LogP contribution in [0.4, 0.5) is 4.39 Å². The number of rotatable bonds is 8. The zero-order valence-electron chi connectivity index (χ0n) is 24.3. The number of nitrogens with one attached hydrogen (secondary N) is 2. The molecule has 0 spiro atoms. The van der Waals surface area contributed by atoms with Gasteiger partial charge >= 0.3 is 0 Å². The quantitative estimate of drug-likeness (QED) is 0.197. The van der Waals surface area contributed by atoms with E-state index < -0.39 is 5.41 Å². The summed E-state index contributed by atoms with van der Waals surface area (Å²) in [4.78, 5) is 40.5. The number of aromatic hydroxyl groups is 1. The van der Waals surface area contributed by atoms with Gasteiger partial charge in [0, 0.05) is 35.8 Å². The van der Waals surface area contributed by atoms with Crippen LogP contribution in [0.5, 0.6) is 5.75 Å². The molecule has 0 bridgehead atoms. The van der Waals surface area contributed by atoms with Gasteiger partial charge in [0.2, 0.25) is 11.8 Å². The number of aromatic amines is 1. The van der Waals surface area contributed by atoms with E-state index in [0.717, 1.165) is 33.3 Å². The second kappa shape index (κ2) is 12.3. The van der Waals surface area contributed by atoms with Gasteiger partial charge in [-0.05, 0) is 66.3 Å². The molecular weight excluding hydrogens is 559 g/mol. The van der Waals surface area contributed by atoms with Crippen LogP contribution in [0.25, 0.3) is 33.3 Å². The fourth-order valence-corrected chi connectivity index (χ4v) is 6.06. The van der Waals surface area contributed by atoms with E-state index in [2.05, 4.69) is 15.4 Å². The van der Waals surface area contributed by atoms with Gasteiger partial charge in [0.05, 0.1) is 36.4 Å². The first kappa shape index (κ1) is 29.1. The number of hydrogen-bond acceptors (Lipinski definition) is 5. The molecule has 0 atom stereocenters. The number of fused-ring (bicyclic) bond motifs is 1. The maximum atomic E-state index is 13.4. The van der Waals surface area contributed by atoms with Crippen molar-refractivity contribution in [3.05, 3.63) is 108 Å². The lowest BCUT2D eigenvalue weighted by Crippen LogP contribution is -2.51. The molecule has 44 heavy (non-hydrogen) atoms. The van der Waals surface area contributed by atoms with Gasteiger partial charge in [-0.2, -0.15) is 0 Å². The highest BCUT2D eigenvalue weighted by atomic mass is 19.1. The number of H-pyrrole nitrogens is 1. The van der Waals surface area contributed by atoms with Crippen molar-refractivity contribution in [2.24, 2.45) is 5.41 Å². The Morgan fingerprint density at radius 1 is 1.00 bits per heavy atom. The van der Waals surface area contributed by atoms with E-state index in [1.54, 1.807) is 29.4 Å². The van der Waals surface area contributed by atoms with Crippen LogP contribution in [0.15, 0.2) is 91.3 Å². The number of para-hydroxylation sites is 1. The Bertz CT molecular complexity index is 1760. The van der Waals surface area contributed by atoms with Crippen LogP contribution in [0.1, 0.15) is 24.0 Å². The van der Waals surface area contributed by atoms with Crippen LogP contribution in [0.3, 0.4) is 0 Å². The summed E-state index contributed by atoms with van der Waals surface area (Å²) in [5.74, 6) is -0.406. The molecule has 1 saturated heterocycles. The van der Waals surface area contributed by atoms with Crippen molar-refractivity contribution in [2.75, 3.05) is 20.2 Å². The highest BCUT2D eigenvalue weighted by molar-refractivity contribution is 5.89. The molecule has 9 heteroatoms. The van der Waals surface area contributed by atoms with Crippen LogP contribution in [0, 0.1) is 11.2 Å². The maximum absolute atomic E-state index is 13.4. The third-order valence-electron chi connectivity index (χ3n) is 8.58. The topological polar surface area (TPSA) is 108 Å². The van der Waals surface area contributed by atoms with Crippen molar-refractivity contribution in [1.29, 1.82) is 0 Å². The lowest BCUT2D eigenvalue weighted by molar-refractivity contribution is -0.148. The fraction of sp³-hybridized carbons (Fsp3) is 0.229. The number of benzene rings is 3. The zero-order chi connectivity index (χ0) is 30.7. The van der Waals surface area contributed by atoms with Crippen molar-refractivity contribution >= 4 is 22.7 Å². The number of hydrogen-bond donors (Lipinski definition) is 3. The number of piperidine rings is 1. The average Bonchev–Trinajstić information content (AvgIpc) is 3.47. The van der Waals surface area contributed by atoms with Crippen LogP contribution in [-0.4, -0.2) is 52.0 Å². The molecule has 3 heterocycles. The molecule has 2 aromatic heterocycles. The van der Waals surface area contributed by atoms with E-state index in [4.69, 9.17) is 4.84 Å². The number of aromatic nitrogens is 2. The number of hydroxylamine groups is 1. The standard InChI is InChI=1S/C35H33FN4O4/c1-44-39-34(43)35(21-24-7-11-27(36)12-8-24)14-17-40(18-15-35)32(41)19-23-5-9-25(10-6-23)28-3-2-4-29(33(28)42)30-20-26-13-16-37-22-31(26)38-30/h2-13,16,20,22,38,42H,14-15,17-19,21H2,1H3,(H,39,43). The van der Waals surface area contributed by atoms with Crippen molar-refractivity contribution in [3.8, 4) is 28.1 Å². The zero-order valence-corrected chi connectivity index (χ0v) is 24.3. The minimum Gasteiger partial charge on any atom is -0.507 e. The first-order valence-electron chi connectivity index (χ1n) is 14.6. The second-order valence-corrected chi connectivity index (χ2v) is 11.3. The Morgan fingerprint density at radius 3 is 2.41 bits per heavy atom. The molecule has 3 aromatic carbocycles. The third kappa shape index (κ3) is 5.91. The Morgan fingerprint density at radius 2 is 1.70 bits per heavy atom. The predicted octanol–water partition coefficient (Wildman–Crippen LogP) is 5.81. The van der Waals surface area contributed by atoms with Crippen LogP contribution in [0.2, 0.25) is 0 Å². The van der Waals surface area contributed by atoms with Crippen molar-refractivity contribution in [2.45, 2.75) is 25.7 Å². The molecule has 0 unspecified atom stereocenters. The van der Waals surface area contributed by atoms with Crippen molar-refractivity contribution in [3.63, 3.8) is 0 Å². The predicted molar refractivity (Wildman–Crippen MR) is 166 cm³/mol. The number of phenols is 1. The van der Waals surface area contributed by atoms with Gasteiger partial charge in [-0.3, -0.25) is 19.4 Å². The summed E-state index contributed by atoms with van der Waals surface area (Å²) in [5.41, 5.74) is 7.35. The van der Waals surface area contributed by atoms with Gasteiger partial charge in [0.1, 0.15) is 11.6 Å². The van der Waals surface area contributed by atoms with Gasteiger partial charge in [-0.25, -0.2) is 9.87 Å². The first-order valence-corrected chi connectivity index (χ1v) is 14.6. The minimum absolute atomic E-state index is 0.0153. The van der Waals surface area contributed by atoms with Crippen molar-refractivity contribution in [1.82, 2.24) is 20.3 Å². The minimum atomic E-state index is -0.757. The van der Waals surface area contributed by atoms with Gasteiger partial charge in [-0.15, -0.1) is 0 Å². The molecular formula is C35H33FN4O4. The molecule has 5 aromatic rings. The summed E-state index contributed by atoms with van der Waals surface area (Å²) < 4.78 is 13.4. The SMILES string of the molecule is CONC(=O)C1(Cc2ccc(F)cc2)CCN(C(=O)Cc2ccc(-c3cccc(-c4cc5ccncc5[nH]4)c3O)cc2)CC1. The van der Waals surface area contributed by atoms with E-state index in [0.29, 0.717) is 43.5 Å². The van der Waals surface area contributed by atoms with Gasteiger partial charge in [-0.1, -0.05) is 48.5 Å². The van der Waals surface area contributed by atoms with E-state index >= 15 is 0 Å². The molecule has 1 aliphatic rings.